The fraction of sp³-hybridized carbons (Fsp3) is 0.500. The minimum atomic E-state index is -1.01. The van der Waals surface area contributed by atoms with Gasteiger partial charge < -0.3 is 21.5 Å². The largest absolute Gasteiger partial charge is 0.480 e. The fourth-order valence-electron chi connectivity index (χ4n) is 2.02. The van der Waals surface area contributed by atoms with Gasteiger partial charge in [-0.15, -0.1) is 0 Å². The number of nitrogens with two attached hydrogens (primary N) is 1. The summed E-state index contributed by atoms with van der Waals surface area (Å²) in [5, 5.41) is 14.6. The summed E-state index contributed by atoms with van der Waals surface area (Å²) in [5.74, 6) is -1.32. The summed E-state index contributed by atoms with van der Waals surface area (Å²) in [6, 6.07) is 7.16. The number of hydrogen-bond donors (Lipinski definition) is 4. The van der Waals surface area contributed by atoms with E-state index >= 15 is 0 Å². The van der Waals surface area contributed by atoms with Gasteiger partial charge in [-0.25, -0.2) is 4.79 Å². The molecule has 0 heterocycles. The van der Waals surface area contributed by atoms with E-state index in [0.717, 1.165) is 12.0 Å². The van der Waals surface area contributed by atoms with E-state index in [1.54, 1.807) is 0 Å². The van der Waals surface area contributed by atoms with Crippen LogP contribution in [0, 0.1) is 6.92 Å². The van der Waals surface area contributed by atoms with E-state index < -0.39 is 12.0 Å². The van der Waals surface area contributed by atoms with Crippen LogP contribution in [0.4, 0.5) is 0 Å². The van der Waals surface area contributed by atoms with Crippen LogP contribution >= 0.6 is 0 Å². The topological polar surface area (TPSA) is 104 Å². The highest BCUT2D eigenvalue weighted by molar-refractivity contribution is 5.84. The summed E-state index contributed by atoms with van der Waals surface area (Å²) in [6.45, 7) is 3.20. The van der Waals surface area contributed by atoms with Gasteiger partial charge in [-0.05, 0) is 38.3 Å². The molecule has 0 saturated carbocycles. The monoisotopic (exact) mass is 307 g/mol. The summed E-state index contributed by atoms with van der Waals surface area (Å²) in [6.07, 6.45) is 1.84. The number of aryl methyl sites for hydroxylation is 1. The Hall–Kier alpha value is -1.92. The summed E-state index contributed by atoms with van der Waals surface area (Å²) < 4.78 is 0. The van der Waals surface area contributed by atoms with Gasteiger partial charge in [0.05, 0.1) is 6.54 Å². The van der Waals surface area contributed by atoms with E-state index in [9.17, 15) is 9.59 Å². The molecule has 0 aliphatic carbocycles. The first kappa shape index (κ1) is 18.1. The lowest BCUT2D eigenvalue weighted by Crippen LogP contribution is -2.44. The molecule has 0 aliphatic rings. The maximum absolute atomic E-state index is 11.8. The lowest BCUT2D eigenvalue weighted by molar-refractivity contribution is -0.141. The van der Waals surface area contributed by atoms with Crippen LogP contribution in [-0.2, 0) is 16.1 Å². The highest BCUT2D eigenvalue weighted by Crippen LogP contribution is 2.02. The molecule has 1 amide bonds. The molecule has 5 N–H and O–H groups in total. The zero-order chi connectivity index (χ0) is 16.4. The Morgan fingerprint density at radius 3 is 2.50 bits per heavy atom. The molecule has 1 aromatic rings. The highest BCUT2D eigenvalue weighted by Gasteiger charge is 2.18. The number of carboxylic acid groups (broad SMARTS) is 1. The van der Waals surface area contributed by atoms with Crippen LogP contribution in [0.2, 0.25) is 0 Å². The number of carbonyl (C=O) groups is 2. The second-order valence-electron chi connectivity index (χ2n) is 5.33. The molecule has 0 radical (unpaired) electrons. The minimum absolute atomic E-state index is 0.0918. The predicted octanol–water partition coefficient (Wildman–Crippen LogP) is 0.783. The van der Waals surface area contributed by atoms with Crippen LogP contribution in [0.25, 0.3) is 0 Å². The molecule has 22 heavy (non-hydrogen) atoms. The van der Waals surface area contributed by atoms with Crippen molar-refractivity contribution in [2.24, 2.45) is 5.73 Å². The summed E-state index contributed by atoms with van der Waals surface area (Å²) >= 11 is 0. The number of rotatable bonds is 10. The van der Waals surface area contributed by atoms with Crippen molar-refractivity contribution < 1.29 is 14.7 Å². The van der Waals surface area contributed by atoms with E-state index in [1.165, 1.54) is 5.56 Å². The Morgan fingerprint density at radius 1 is 1.23 bits per heavy atom. The van der Waals surface area contributed by atoms with E-state index in [2.05, 4.69) is 10.6 Å². The predicted molar refractivity (Wildman–Crippen MR) is 85.4 cm³/mol. The quantitative estimate of drug-likeness (QED) is 0.478. The molecule has 1 aromatic carbocycles. The average Bonchev–Trinajstić information content (AvgIpc) is 2.48. The number of aliphatic carboxylic acids is 1. The first-order valence-corrected chi connectivity index (χ1v) is 7.51. The van der Waals surface area contributed by atoms with E-state index in [4.69, 9.17) is 10.8 Å². The van der Waals surface area contributed by atoms with Gasteiger partial charge in [0, 0.05) is 6.54 Å². The van der Waals surface area contributed by atoms with Crippen molar-refractivity contribution in [1.82, 2.24) is 10.6 Å². The van der Waals surface area contributed by atoms with E-state index in [-0.39, 0.29) is 12.5 Å². The summed E-state index contributed by atoms with van der Waals surface area (Å²) in [4.78, 5) is 22.9. The third-order valence-electron chi connectivity index (χ3n) is 3.32. The van der Waals surface area contributed by atoms with Crippen molar-refractivity contribution in [1.29, 1.82) is 0 Å². The smallest absolute Gasteiger partial charge is 0.326 e. The number of benzene rings is 1. The van der Waals surface area contributed by atoms with Gasteiger partial charge in [0.15, 0.2) is 0 Å². The van der Waals surface area contributed by atoms with Crippen LogP contribution < -0.4 is 16.4 Å². The van der Waals surface area contributed by atoms with Gasteiger partial charge in [-0.1, -0.05) is 29.8 Å². The Morgan fingerprint density at radius 2 is 1.91 bits per heavy atom. The van der Waals surface area contributed by atoms with Gasteiger partial charge >= 0.3 is 5.97 Å². The minimum Gasteiger partial charge on any atom is -0.480 e. The lowest BCUT2D eigenvalue weighted by Gasteiger charge is -2.14. The molecule has 122 valence electrons. The number of carbonyl (C=O) groups excluding carboxylic acids is 1. The Kier molecular flexibility index (Phi) is 8.17. The van der Waals surface area contributed by atoms with Crippen LogP contribution in [0.1, 0.15) is 30.4 Å². The third-order valence-corrected chi connectivity index (χ3v) is 3.32. The van der Waals surface area contributed by atoms with Crippen molar-refractivity contribution in [3.8, 4) is 0 Å². The van der Waals surface area contributed by atoms with Crippen LogP contribution in [-0.4, -0.2) is 36.1 Å². The third kappa shape index (κ3) is 7.19. The molecule has 0 bridgehead atoms. The molecule has 0 saturated heterocycles. The van der Waals surface area contributed by atoms with Gasteiger partial charge in [0.2, 0.25) is 5.91 Å². The highest BCUT2D eigenvalue weighted by atomic mass is 16.4. The standard InChI is InChI=1S/C16H25N3O3/c1-12-5-7-13(8-6-12)10-18-11-15(20)19-14(16(21)22)4-2-3-9-17/h5-8,14,18H,2-4,9-11,17H2,1H3,(H,19,20)(H,21,22). The van der Waals surface area contributed by atoms with Crippen molar-refractivity contribution >= 4 is 11.9 Å². The zero-order valence-corrected chi connectivity index (χ0v) is 13.0. The Labute approximate surface area is 131 Å². The average molecular weight is 307 g/mol. The van der Waals surface area contributed by atoms with Crippen molar-refractivity contribution in [2.75, 3.05) is 13.1 Å². The van der Waals surface area contributed by atoms with Crippen molar-refractivity contribution in [2.45, 2.75) is 38.8 Å². The maximum atomic E-state index is 11.8. The zero-order valence-electron chi connectivity index (χ0n) is 13.0. The van der Waals surface area contributed by atoms with Gasteiger partial charge in [0.1, 0.15) is 6.04 Å². The number of hydrogen-bond acceptors (Lipinski definition) is 4. The Balaban J connectivity index is 2.30. The molecule has 0 aliphatic heterocycles. The van der Waals surface area contributed by atoms with Gasteiger partial charge in [-0.2, -0.15) is 0 Å². The van der Waals surface area contributed by atoms with Crippen molar-refractivity contribution in [3.63, 3.8) is 0 Å². The number of amides is 1. The second-order valence-corrected chi connectivity index (χ2v) is 5.33. The molecule has 0 aromatic heterocycles. The summed E-state index contributed by atoms with van der Waals surface area (Å²) in [5.41, 5.74) is 7.64. The summed E-state index contributed by atoms with van der Waals surface area (Å²) in [7, 11) is 0. The lowest BCUT2D eigenvalue weighted by atomic mass is 10.1. The molecular formula is C16H25N3O3. The molecule has 1 unspecified atom stereocenters. The first-order valence-electron chi connectivity index (χ1n) is 7.51. The number of nitrogens with one attached hydrogen (secondary N) is 2. The van der Waals surface area contributed by atoms with E-state index in [1.807, 2.05) is 31.2 Å². The molecule has 1 atom stereocenters. The van der Waals surface area contributed by atoms with Gasteiger partial charge in [0.25, 0.3) is 0 Å². The molecule has 6 nitrogen and oxygen atoms in total. The Bertz CT molecular complexity index is 474. The van der Waals surface area contributed by atoms with Crippen LogP contribution in [0.15, 0.2) is 24.3 Å². The maximum Gasteiger partial charge on any atom is 0.326 e. The number of carboxylic acids is 1. The van der Waals surface area contributed by atoms with Gasteiger partial charge in [-0.3, -0.25) is 4.79 Å². The first-order chi connectivity index (χ1) is 10.5. The number of unbranched alkanes of at least 4 members (excludes halogenated alkanes) is 1. The SMILES string of the molecule is Cc1ccc(CNCC(=O)NC(CCCCN)C(=O)O)cc1. The molecule has 6 heteroatoms. The molecule has 0 fully saturated rings. The van der Waals surface area contributed by atoms with Crippen LogP contribution in [0.3, 0.4) is 0 Å². The normalized spacial score (nSPS) is 11.9. The van der Waals surface area contributed by atoms with Crippen molar-refractivity contribution in [3.05, 3.63) is 35.4 Å². The molecule has 1 rings (SSSR count). The van der Waals surface area contributed by atoms with Crippen LogP contribution in [0.5, 0.6) is 0 Å². The van der Waals surface area contributed by atoms with E-state index in [0.29, 0.717) is 25.9 Å². The molecule has 0 spiro atoms. The molecular weight excluding hydrogens is 282 g/mol. The second kappa shape index (κ2) is 9.92. The fourth-order valence-corrected chi connectivity index (χ4v) is 2.02.